The van der Waals surface area contributed by atoms with Gasteiger partial charge in [0, 0.05) is 25.7 Å². The predicted octanol–water partition coefficient (Wildman–Crippen LogP) is 2.85. The molecule has 0 amide bonds. The lowest BCUT2D eigenvalue weighted by molar-refractivity contribution is 0.414. The quantitative estimate of drug-likeness (QED) is 0.523. The molecule has 0 fully saturated rings. The van der Waals surface area contributed by atoms with Crippen LogP contribution in [0.15, 0.2) is 46.9 Å². The summed E-state index contributed by atoms with van der Waals surface area (Å²) in [6.45, 7) is 3.32. The molecule has 0 aliphatic heterocycles. The molecular formula is C19H24N6OS. The number of aryl methyl sites for hydroxylation is 1. The summed E-state index contributed by atoms with van der Waals surface area (Å²) in [7, 11) is 5.44. The van der Waals surface area contributed by atoms with Gasteiger partial charge >= 0.3 is 0 Å². The normalized spacial score (nSPS) is 11.5. The molecule has 2 aromatic heterocycles. The van der Waals surface area contributed by atoms with Crippen molar-refractivity contribution < 1.29 is 4.74 Å². The highest BCUT2D eigenvalue weighted by Crippen LogP contribution is 2.14. The van der Waals surface area contributed by atoms with Gasteiger partial charge in [0.15, 0.2) is 5.96 Å². The Balaban J connectivity index is 1.59. The summed E-state index contributed by atoms with van der Waals surface area (Å²) in [5.74, 6) is 1.63. The van der Waals surface area contributed by atoms with Crippen LogP contribution in [0.4, 0.5) is 0 Å². The van der Waals surface area contributed by atoms with Gasteiger partial charge in [0.1, 0.15) is 5.75 Å². The maximum Gasteiger partial charge on any atom is 0.194 e. The van der Waals surface area contributed by atoms with Crippen molar-refractivity contribution in [3.8, 4) is 11.4 Å². The van der Waals surface area contributed by atoms with Crippen LogP contribution in [-0.4, -0.2) is 46.8 Å². The molecule has 7 nitrogen and oxygen atoms in total. The highest BCUT2D eigenvalue weighted by atomic mass is 32.1. The summed E-state index contributed by atoms with van der Waals surface area (Å²) in [6.07, 6.45) is 1.95. The minimum Gasteiger partial charge on any atom is -0.497 e. The van der Waals surface area contributed by atoms with Gasteiger partial charge < -0.3 is 15.0 Å². The molecule has 2 heterocycles. The van der Waals surface area contributed by atoms with Crippen LogP contribution in [0.3, 0.4) is 0 Å². The first-order valence-corrected chi connectivity index (χ1v) is 9.49. The maximum absolute atomic E-state index is 5.19. The van der Waals surface area contributed by atoms with Gasteiger partial charge in [-0.1, -0.05) is 0 Å². The van der Waals surface area contributed by atoms with Crippen LogP contribution in [0, 0.1) is 6.92 Å². The number of aliphatic imine (C=N–C) groups is 1. The first kappa shape index (κ1) is 18.9. The number of methoxy groups -OCH3 is 1. The number of guanidine groups is 1. The Morgan fingerprint density at radius 2 is 2.04 bits per heavy atom. The zero-order valence-electron chi connectivity index (χ0n) is 16.0. The van der Waals surface area contributed by atoms with Crippen LogP contribution in [0.1, 0.15) is 16.4 Å². The van der Waals surface area contributed by atoms with Crippen LogP contribution < -0.4 is 10.1 Å². The van der Waals surface area contributed by atoms with E-state index >= 15 is 0 Å². The van der Waals surface area contributed by atoms with E-state index in [0.717, 1.165) is 33.8 Å². The fourth-order valence-corrected chi connectivity index (χ4v) is 3.29. The van der Waals surface area contributed by atoms with Crippen molar-refractivity contribution in [2.24, 2.45) is 4.99 Å². The second kappa shape index (κ2) is 8.68. The highest BCUT2D eigenvalue weighted by molar-refractivity contribution is 7.09. The van der Waals surface area contributed by atoms with Crippen molar-refractivity contribution in [2.75, 3.05) is 21.2 Å². The molecule has 0 aliphatic carbocycles. The van der Waals surface area contributed by atoms with Crippen molar-refractivity contribution in [3.63, 3.8) is 0 Å². The standard InChI is InChI=1S/C19H24N6OS/c1-14-22-16(13-27-14)12-24(3)19(20-2)21-11-15-9-10-25(23-15)17-5-7-18(26-4)8-6-17/h5-10,13H,11-12H2,1-4H3,(H,20,21). The van der Waals surface area contributed by atoms with Gasteiger partial charge in [-0.2, -0.15) is 5.10 Å². The van der Waals surface area contributed by atoms with Crippen molar-refractivity contribution >= 4 is 17.3 Å². The maximum atomic E-state index is 5.19. The van der Waals surface area contributed by atoms with Crippen LogP contribution in [0.2, 0.25) is 0 Å². The molecule has 0 saturated heterocycles. The Hall–Kier alpha value is -2.87. The van der Waals surface area contributed by atoms with E-state index in [4.69, 9.17) is 4.74 Å². The first-order chi connectivity index (χ1) is 13.1. The Morgan fingerprint density at radius 3 is 2.67 bits per heavy atom. The lowest BCUT2D eigenvalue weighted by atomic mass is 10.3. The second-order valence-electron chi connectivity index (χ2n) is 6.06. The summed E-state index contributed by atoms with van der Waals surface area (Å²) in [5, 5.41) is 11.1. The number of ether oxygens (including phenoxy) is 1. The SMILES string of the molecule is CN=C(NCc1ccn(-c2ccc(OC)cc2)n1)N(C)Cc1csc(C)n1. The number of nitrogens with zero attached hydrogens (tertiary/aromatic N) is 5. The van der Waals surface area contributed by atoms with Gasteiger partial charge in [0.05, 0.1) is 42.3 Å². The highest BCUT2D eigenvalue weighted by Gasteiger charge is 2.09. The molecular weight excluding hydrogens is 360 g/mol. The first-order valence-electron chi connectivity index (χ1n) is 8.61. The Kier molecular flexibility index (Phi) is 6.08. The van der Waals surface area contributed by atoms with Crippen LogP contribution in [-0.2, 0) is 13.1 Å². The second-order valence-corrected chi connectivity index (χ2v) is 7.13. The average Bonchev–Trinajstić information content (AvgIpc) is 3.31. The minimum atomic E-state index is 0.594. The van der Waals surface area contributed by atoms with Gasteiger partial charge in [-0.25, -0.2) is 9.67 Å². The zero-order valence-corrected chi connectivity index (χ0v) is 16.8. The fraction of sp³-hybridized carbons (Fsp3) is 0.316. The van der Waals surface area contributed by atoms with Crippen LogP contribution in [0.25, 0.3) is 5.69 Å². The van der Waals surface area contributed by atoms with Crippen molar-refractivity contribution in [2.45, 2.75) is 20.0 Å². The summed E-state index contributed by atoms with van der Waals surface area (Å²) >= 11 is 1.66. The number of hydrogen-bond donors (Lipinski definition) is 1. The molecule has 8 heteroatoms. The van der Waals surface area contributed by atoms with Gasteiger partial charge in [0.25, 0.3) is 0 Å². The van der Waals surface area contributed by atoms with E-state index in [9.17, 15) is 0 Å². The Morgan fingerprint density at radius 1 is 1.26 bits per heavy atom. The number of rotatable bonds is 6. The summed E-state index contributed by atoms with van der Waals surface area (Å²) in [6, 6.07) is 9.79. The topological polar surface area (TPSA) is 67.6 Å². The van der Waals surface area contributed by atoms with E-state index in [2.05, 4.69) is 30.7 Å². The summed E-state index contributed by atoms with van der Waals surface area (Å²) in [4.78, 5) is 10.9. The van der Waals surface area contributed by atoms with E-state index in [0.29, 0.717) is 13.1 Å². The third-order valence-electron chi connectivity index (χ3n) is 4.05. The van der Waals surface area contributed by atoms with Gasteiger partial charge in [0.2, 0.25) is 0 Å². The van der Waals surface area contributed by atoms with Crippen molar-refractivity contribution in [1.82, 2.24) is 25.0 Å². The van der Waals surface area contributed by atoms with Gasteiger partial charge in [-0.15, -0.1) is 11.3 Å². The summed E-state index contributed by atoms with van der Waals surface area (Å²) < 4.78 is 7.04. The Labute approximate surface area is 163 Å². The molecule has 142 valence electrons. The van der Waals surface area contributed by atoms with Crippen molar-refractivity contribution in [3.05, 3.63) is 58.3 Å². The van der Waals surface area contributed by atoms with E-state index in [-0.39, 0.29) is 0 Å². The lowest BCUT2D eigenvalue weighted by Crippen LogP contribution is -2.38. The molecule has 0 saturated carbocycles. The molecule has 1 aromatic carbocycles. The van der Waals surface area contributed by atoms with Gasteiger partial charge in [-0.05, 0) is 37.3 Å². The van der Waals surface area contributed by atoms with Crippen LogP contribution >= 0.6 is 11.3 Å². The van der Waals surface area contributed by atoms with E-state index < -0.39 is 0 Å². The third kappa shape index (κ3) is 4.85. The molecule has 0 atom stereocenters. The molecule has 3 rings (SSSR count). The monoisotopic (exact) mass is 384 g/mol. The average molecular weight is 385 g/mol. The lowest BCUT2D eigenvalue weighted by Gasteiger charge is -2.20. The molecule has 0 spiro atoms. The molecule has 1 N–H and O–H groups in total. The largest absolute Gasteiger partial charge is 0.497 e. The van der Waals surface area contributed by atoms with Crippen molar-refractivity contribution in [1.29, 1.82) is 0 Å². The molecule has 0 bridgehead atoms. The van der Waals surface area contributed by atoms with E-state index in [1.807, 2.05) is 55.2 Å². The van der Waals surface area contributed by atoms with E-state index in [1.54, 1.807) is 25.5 Å². The number of thiazole rings is 1. The zero-order chi connectivity index (χ0) is 19.2. The number of hydrogen-bond acceptors (Lipinski definition) is 5. The van der Waals surface area contributed by atoms with E-state index in [1.165, 1.54) is 0 Å². The number of nitrogens with one attached hydrogen (secondary N) is 1. The van der Waals surface area contributed by atoms with Gasteiger partial charge in [-0.3, -0.25) is 4.99 Å². The minimum absolute atomic E-state index is 0.594. The summed E-state index contributed by atoms with van der Waals surface area (Å²) in [5.41, 5.74) is 2.97. The molecule has 0 unspecified atom stereocenters. The molecule has 3 aromatic rings. The number of benzene rings is 1. The van der Waals surface area contributed by atoms with Crippen LogP contribution in [0.5, 0.6) is 5.75 Å². The number of aromatic nitrogens is 3. The molecule has 27 heavy (non-hydrogen) atoms. The molecule has 0 aliphatic rings. The third-order valence-corrected chi connectivity index (χ3v) is 4.87. The smallest absolute Gasteiger partial charge is 0.194 e. The Bertz CT molecular complexity index is 899. The predicted molar refractivity (Wildman–Crippen MR) is 109 cm³/mol. The molecule has 0 radical (unpaired) electrons. The fourth-order valence-electron chi connectivity index (χ4n) is 2.69.